The van der Waals surface area contributed by atoms with E-state index < -0.39 is 5.97 Å². The first kappa shape index (κ1) is 14.5. The highest BCUT2D eigenvalue weighted by Gasteiger charge is 2.07. The lowest BCUT2D eigenvalue weighted by molar-refractivity contribution is -0.136. The summed E-state index contributed by atoms with van der Waals surface area (Å²) >= 11 is 3.20. The summed E-state index contributed by atoms with van der Waals surface area (Å²) in [6.45, 7) is 0.377. The maximum absolute atomic E-state index is 13.7. The number of anilines is 1. The number of rotatable bonds is 5. The van der Waals surface area contributed by atoms with Gasteiger partial charge in [-0.25, -0.2) is 4.39 Å². The molecule has 0 fully saturated rings. The standard InChI is InChI=1S/C15H13BrFNO2/c16-12-5-6-14(13(17)8-12)18-9-11-4-2-1-3-10(11)7-15(19)20/h1-6,8,18H,7,9H2,(H,19,20). The summed E-state index contributed by atoms with van der Waals surface area (Å²) in [6, 6.07) is 12.0. The second-order valence-electron chi connectivity index (χ2n) is 4.32. The summed E-state index contributed by atoms with van der Waals surface area (Å²) < 4.78 is 14.4. The van der Waals surface area contributed by atoms with Gasteiger partial charge >= 0.3 is 5.97 Å². The molecule has 2 aromatic rings. The van der Waals surface area contributed by atoms with Crippen molar-refractivity contribution in [2.45, 2.75) is 13.0 Å². The van der Waals surface area contributed by atoms with Crippen molar-refractivity contribution in [3.05, 3.63) is 63.9 Å². The highest BCUT2D eigenvalue weighted by molar-refractivity contribution is 9.10. The number of carboxylic acids is 1. The molecule has 0 spiro atoms. The smallest absolute Gasteiger partial charge is 0.307 e. The van der Waals surface area contributed by atoms with E-state index in [1.807, 2.05) is 12.1 Å². The van der Waals surface area contributed by atoms with E-state index in [-0.39, 0.29) is 12.2 Å². The largest absolute Gasteiger partial charge is 0.481 e. The van der Waals surface area contributed by atoms with Crippen molar-refractivity contribution in [1.82, 2.24) is 0 Å². The van der Waals surface area contributed by atoms with Crippen LogP contribution in [0.3, 0.4) is 0 Å². The van der Waals surface area contributed by atoms with Gasteiger partial charge in [0.05, 0.1) is 12.1 Å². The van der Waals surface area contributed by atoms with Gasteiger partial charge in [0, 0.05) is 11.0 Å². The van der Waals surface area contributed by atoms with Crippen molar-refractivity contribution in [3.8, 4) is 0 Å². The molecule has 5 heteroatoms. The van der Waals surface area contributed by atoms with Crippen molar-refractivity contribution in [2.24, 2.45) is 0 Å². The predicted octanol–water partition coefficient (Wildman–Crippen LogP) is 3.83. The van der Waals surface area contributed by atoms with E-state index in [1.54, 1.807) is 24.3 Å². The normalized spacial score (nSPS) is 10.3. The van der Waals surface area contributed by atoms with Crippen LogP contribution in [0, 0.1) is 5.82 Å². The SMILES string of the molecule is O=C(O)Cc1ccccc1CNc1ccc(Br)cc1F. The molecule has 0 amide bonds. The average Bonchev–Trinajstić information content (AvgIpc) is 2.39. The third kappa shape index (κ3) is 3.81. The number of hydrogen-bond acceptors (Lipinski definition) is 2. The third-order valence-corrected chi connectivity index (χ3v) is 3.35. The molecule has 104 valence electrons. The number of benzene rings is 2. The van der Waals surface area contributed by atoms with Crippen LogP contribution in [-0.4, -0.2) is 11.1 Å². The zero-order chi connectivity index (χ0) is 14.5. The van der Waals surface area contributed by atoms with Crippen LogP contribution in [-0.2, 0) is 17.8 Å². The van der Waals surface area contributed by atoms with Crippen molar-refractivity contribution in [1.29, 1.82) is 0 Å². The Kier molecular flexibility index (Phi) is 4.74. The number of nitrogens with one attached hydrogen (secondary N) is 1. The fourth-order valence-corrected chi connectivity index (χ4v) is 2.22. The molecule has 0 aliphatic heterocycles. The van der Waals surface area contributed by atoms with Crippen molar-refractivity contribution in [3.63, 3.8) is 0 Å². The van der Waals surface area contributed by atoms with Crippen LogP contribution in [0.25, 0.3) is 0 Å². The molecule has 0 radical (unpaired) electrons. The van der Waals surface area contributed by atoms with Crippen molar-refractivity contribution in [2.75, 3.05) is 5.32 Å². The monoisotopic (exact) mass is 337 g/mol. The highest BCUT2D eigenvalue weighted by Crippen LogP contribution is 2.20. The van der Waals surface area contributed by atoms with E-state index in [0.717, 1.165) is 11.1 Å². The van der Waals surface area contributed by atoms with Gasteiger partial charge < -0.3 is 10.4 Å². The number of carbonyl (C=O) groups is 1. The summed E-state index contributed by atoms with van der Waals surface area (Å²) in [5, 5.41) is 11.8. The van der Waals surface area contributed by atoms with E-state index in [2.05, 4.69) is 21.2 Å². The van der Waals surface area contributed by atoms with Gasteiger partial charge in [0.25, 0.3) is 0 Å². The van der Waals surface area contributed by atoms with E-state index in [4.69, 9.17) is 5.11 Å². The Morgan fingerprint density at radius 1 is 1.20 bits per heavy atom. The Balaban J connectivity index is 2.12. The van der Waals surface area contributed by atoms with Crippen LogP contribution in [0.5, 0.6) is 0 Å². The number of carboxylic acid groups (broad SMARTS) is 1. The fourth-order valence-electron chi connectivity index (χ4n) is 1.89. The zero-order valence-corrected chi connectivity index (χ0v) is 12.2. The van der Waals surface area contributed by atoms with Gasteiger partial charge in [-0.3, -0.25) is 4.79 Å². The Labute approximate surface area is 124 Å². The predicted molar refractivity (Wildman–Crippen MR) is 79.2 cm³/mol. The van der Waals surface area contributed by atoms with Gasteiger partial charge in [-0.05, 0) is 29.3 Å². The van der Waals surface area contributed by atoms with Crippen LogP contribution in [0.15, 0.2) is 46.9 Å². The molecule has 0 saturated carbocycles. The molecule has 3 nitrogen and oxygen atoms in total. The second kappa shape index (κ2) is 6.52. The summed E-state index contributed by atoms with van der Waals surface area (Å²) in [4.78, 5) is 10.8. The topological polar surface area (TPSA) is 49.3 Å². The molecule has 0 aliphatic carbocycles. The Morgan fingerprint density at radius 3 is 2.55 bits per heavy atom. The Bertz CT molecular complexity index is 631. The quantitative estimate of drug-likeness (QED) is 0.871. The Hall–Kier alpha value is -1.88. The lowest BCUT2D eigenvalue weighted by Gasteiger charge is -2.11. The molecule has 20 heavy (non-hydrogen) atoms. The van der Waals surface area contributed by atoms with Crippen molar-refractivity contribution < 1.29 is 14.3 Å². The molecular formula is C15H13BrFNO2. The van der Waals surface area contributed by atoms with Crippen molar-refractivity contribution >= 4 is 27.6 Å². The maximum atomic E-state index is 13.7. The fraction of sp³-hybridized carbons (Fsp3) is 0.133. The maximum Gasteiger partial charge on any atom is 0.307 e. The second-order valence-corrected chi connectivity index (χ2v) is 5.23. The van der Waals surface area contributed by atoms with Crippen LogP contribution >= 0.6 is 15.9 Å². The summed E-state index contributed by atoms with van der Waals surface area (Å²) in [5.41, 5.74) is 1.96. The van der Waals surface area contributed by atoms with E-state index in [9.17, 15) is 9.18 Å². The van der Waals surface area contributed by atoms with Crippen LogP contribution in [0.2, 0.25) is 0 Å². The lowest BCUT2D eigenvalue weighted by Crippen LogP contribution is -2.07. The molecule has 2 aromatic carbocycles. The van der Waals surface area contributed by atoms with E-state index >= 15 is 0 Å². The van der Waals surface area contributed by atoms with Crippen LogP contribution in [0.4, 0.5) is 10.1 Å². The molecular weight excluding hydrogens is 325 g/mol. The Morgan fingerprint density at radius 2 is 1.90 bits per heavy atom. The highest BCUT2D eigenvalue weighted by atomic mass is 79.9. The van der Waals surface area contributed by atoms with Gasteiger partial charge in [0.1, 0.15) is 5.82 Å². The van der Waals surface area contributed by atoms with Gasteiger partial charge in [0.2, 0.25) is 0 Å². The molecule has 2 rings (SSSR count). The van der Waals surface area contributed by atoms with Gasteiger partial charge in [0.15, 0.2) is 0 Å². The first-order chi connectivity index (χ1) is 9.56. The minimum absolute atomic E-state index is 0.0410. The number of aliphatic carboxylic acids is 1. The van der Waals surface area contributed by atoms with E-state index in [1.165, 1.54) is 6.07 Å². The third-order valence-electron chi connectivity index (χ3n) is 2.86. The molecule has 0 atom stereocenters. The summed E-state index contributed by atoms with van der Waals surface area (Å²) in [5.74, 6) is -1.23. The molecule has 0 bridgehead atoms. The number of halogens is 2. The first-order valence-corrected chi connectivity index (χ1v) is 6.83. The van der Waals surface area contributed by atoms with Gasteiger partial charge in [-0.15, -0.1) is 0 Å². The average molecular weight is 338 g/mol. The minimum atomic E-state index is -0.882. The molecule has 0 aromatic heterocycles. The molecule has 0 saturated heterocycles. The molecule has 0 heterocycles. The van der Waals surface area contributed by atoms with Crippen LogP contribution in [0.1, 0.15) is 11.1 Å². The lowest BCUT2D eigenvalue weighted by atomic mass is 10.0. The summed E-state index contributed by atoms with van der Waals surface area (Å²) in [7, 11) is 0. The first-order valence-electron chi connectivity index (χ1n) is 6.04. The summed E-state index contributed by atoms with van der Waals surface area (Å²) in [6.07, 6.45) is -0.0410. The zero-order valence-electron chi connectivity index (χ0n) is 10.6. The molecule has 0 unspecified atom stereocenters. The number of hydrogen-bond donors (Lipinski definition) is 2. The minimum Gasteiger partial charge on any atom is -0.481 e. The molecule has 2 N–H and O–H groups in total. The van der Waals surface area contributed by atoms with Gasteiger partial charge in [-0.2, -0.15) is 0 Å². The van der Waals surface area contributed by atoms with Crippen LogP contribution < -0.4 is 5.32 Å². The van der Waals surface area contributed by atoms with Gasteiger partial charge in [-0.1, -0.05) is 40.2 Å². The molecule has 0 aliphatic rings. The van der Waals surface area contributed by atoms with E-state index in [0.29, 0.717) is 16.7 Å².